The second-order valence-electron chi connectivity index (χ2n) is 5.88. The van der Waals surface area contributed by atoms with Crippen LogP contribution in [-0.2, 0) is 0 Å². The van der Waals surface area contributed by atoms with Crippen LogP contribution in [0.4, 0.5) is 0 Å². The summed E-state index contributed by atoms with van der Waals surface area (Å²) in [5.74, 6) is 1.79. The Labute approximate surface area is 101 Å². The first-order chi connectivity index (χ1) is 6.93. The quantitative estimate of drug-likeness (QED) is 0.683. The lowest BCUT2D eigenvalue weighted by Gasteiger charge is -2.38. The molecule has 15 heavy (non-hydrogen) atoms. The van der Waals surface area contributed by atoms with E-state index in [0.29, 0.717) is 0 Å². The Balaban J connectivity index is 2.20. The predicted molar refractivity (Wildman–Crippen MR) is 71.7 cm³/mol. The number of nitrogens with zero attached hydrogens (tertiary/aromatic N) is 1. The number of thiol groups is 1. The van der Waals surface area contributed by atoms with Crippen LogP contribution in [0.5, 0.6) is 0 Å². The molecule has 1 aliphatic heterocycles. The zero-order valence-electron chi connectivity index (χ0n) is 10.8. The number of likely N-dealkylation sites (tertiary alicyclic amines) is 1. The fraction of sp³-hybridized carbons (Fsp3) is 1.00. The van der Waals surface area contributed by atoms with Gasteiger partial charge in [0.2, 0.25) is 0 Å². The van der Waals surface area contributed by atoms with E-state index in [9.17, 15) is 0 Å². The Kier molecular flexibility index (Phi) is 4.98. The van der Waals surface area contributed by atoms with Crippen LogP contribution in [0.15, 0.2) is 0 Å². The highest BCUT2D eigenvalue weighted by molar-refractivity contribution is 7.81. The lowest BCUT2D eigenvalue weighted by atomic mass is 9.84. The molecule has 1 aliphatic rings. The van der Waals surface area contributed by atoms with Crippen LogP contribution in [0.25, 0.3) is 0 Å². The highest BCUT2D eigenvalue weighted by atomic mass is 32.1. The minimum Gasteiger partial charge on any atom is -0.306 e. The van der Waals surface area contributed by atoms with Crippen LogP contribution in [0, 0.1) is 11.8 Å². The van der Waals surface area contributed by atoms with Gasteiger partial charge in [0.15, 0.2) is 0 Å². The maximum Gasteiger partial charge on any atom is 0.0104 e. The number of rotatable bonds is 6. The van der Waals surface area contributed by atoms with Gasteiger partial charge in [0.25, 0.3) is 0 Å². The van der Waals surface area contributed by atoms with E-state index in [-0.39, 0.29) is 4.75 Å². The summed E-state index contributed by atoms with van der Waals surface area (Å²) in [6.07, 6.45) is 5.15. The van der Waals surface area contributed by atoms with Gasteiger partial charge in [0.05, 0.1) is 0 Å². The maximum atomic E-state index is 4.78. The average Bonchev–Trinajstić information content (AvgIpc) is 1.99. The van der Waals surface area contributed by atoms with E-state index in [1.54, 1.807) is 0 Å². The molecule has 0 N–H and O–H groups in total. The molecule has 0 bridgehead atoms. The van der Waals surface area contributed by atoms with E-state index in [1.165, 1.54) is 38.8 Å². The molecule has 0 spiro atoms. The zero-order valence-corrected chi connectivity index (χ0v) is 11.7. The largest absolute Gasteiger partial charge is 0.306 e. The summed E-state index contributed by atoms with van der Waals surface area (Å²) in [4.78, 5) is 2.41. The van der Waals surface area contributed by atoms with Gasteiger partial charge in [-0.1, -0.05) is 27.2 Å². The summed E-state index contributed by atoms with van der Waals surface area (Å²) in [7, 11) is 2.21. The van der Waals surface area contributed by atoms with Crippen molar-refractivity contribution < 1.29 is 0 Å². The molecule has 2 atom stereocenters. The minimum absolute atomic E-state index is 0.254. The highest BCUT2D eigenvalue weighted by Gasteiger charge is 2.27. The Morgan fingerprint density at radius 3 is 2.53 bits per heavy atom. The van der Waals surface area contributed by atoms with Gasteiger partial charge in [-0.2, -0.15) is 12.6 Å². The highest BCUT2D eigenvalue weighted by Crippen LogP contribution is 2.32. The fourth-order valence-electron chi connectivity index (χ4n) is 3.02. The van der Waals surface area contributed by atoms with Crippen molar-refractivity contribution in [2.75, 3.05) is 20.1 Å². The molecule has 1 nitrogen and oxygen atoms in total. The molecule has 1 fully saturated rings. The summed E-state index contributed by atoms with van der Waals surface area (Å²) in [5, 5.41) is 0. The molecule has 0 saturated carbocycles. The summed E-state index contributed by atoms with van der Waals surface area (Å²) < 4.78 is 0.254. The van der Waals surface area contributed by atoms with Crippen LogP contribution in [0.3, 0.4) is 0 Å². The maximum absolute atomic E-state index is 4.78. The van der Waals surface area contributed by atoms with Gasteiger partial charge < -0.3 is 4.90 Å². The van der Waals surface area contributed by atoms with Crippen molar-refractivity contribution in [3.63, 3.8) is 0 Å². The topological polar surface area (TPSA) is 3.24 Å². The van der Waals surface area contributed by atoms with E-state index in [2.05, 4.69) is 32.7 Å². The Hall–Kier alpha value is 0.310. The molecule has 1 rings (SSSR count). The molecule has 0 aromatic carbocycles. The van der Waals surface area contributed by atoms with Crippen molar-refractivity contribution in [3.8, 4) is 0 Å². The van der Waals surface area contributed by atoms with E-state index >= 15 is 0 Å². The molecule has 0 radical (unpaired) electrons. The molecule has 0 aromatic rings. The Morgan fingerprint density at radius 1 is 1.47 bits per heavy atom. The molecule has 0 amide bonds. The monoisotopic (exact) mass is 229 g/mol. The van der Waals surface area contributed by atoms with Crippen LogP contribution in [0.1, 0.15) is 46.5 Å². The second kappa shape index (κ2) is 5.58. The predicted octanol–water partition coefficient (Wildman–Crippen LogP) is 3.45. The van der Waals surface area contributed by atoms with E-state index in [1.807, 2.05) is 0 Å². The fourth-order valence-corrected chi connectivity index (χ4v) is 3.56. The van der Waals surface area contributed by atoms with Gasteiger partial charge >= 0.3 is 0 Å². The number of hydrogen-bond donors (Lipinski definition) is 1. The summed E-state index contributed by atoms with van der Waals surface area (Å²) in [6, 6.07) is 0. The summed E-state index contributed by atoms with van der Waals surface area (Å²) in [5.41, 5.74) is 0. The van der Waals surface area contributed by atoms with Gasteiger partial charge in [0.1, 0.15) is 0 Å². The summed E-state index contributed by atoms with van der Waals surface area (Å²) >= 11 is 4.78. The second-order valence-corrected chi connectivity index (χ2v) is 6.96. The van der Waals surface area contributed by atoms with Crippen molar-refractivity contribution in [3.05, 3.63) is 0 Å². The summed E-state index contributed by atoms with van der Waals surface area (Å²) in [6.45, 7) is 9.55. The molecule has 2 unspecified atom stereocenters. The van der Waals surface area contributed by atoms with Gasteiger partial charge in [0, 0.05) is 17.8 Å². The van der Waals surface area contributed by atoms with Gasteiger partial charge in [-0.3, -0.25) is 0 Å². The van der Waals surface area contributed by atoms with Crippen molar-refractivity contribution in [1.82, 2.24) is 4.90 Å². The van der Waals surface area contributed by atoms with Gasteiger partial charge in [-0.15, -0.1) is 0 Å². The third kappa shape index (κ3) is 4.78. The van der Waals surface area contributed by atoms with E-state index in [0.717, 1.165) is 11.8 Å². The molecule has 0 aliphatic carbocycles. The molecule has 90 valence electrons. The van der Waals surface area contributed by atoms with Crippen molar-refractivity contribution in [2.24, 2.45) is 11.8 Å². The Morgan fingerprint density at radius 2 is 2.07 bits per heavy atom. The lowest BCUT2D eigenvalue weighted by Crippen LogP contribution is -2.44. The first-order valence-corrected chi connectivity index (χ1v) is 6.78. The van der Waals surface area contributed by atoms with Gasteiger partial charge in [-0.25, -0.2) is 0 Å². The van der Waals surface area contributed by atoms with Crippen LogP contribution >= 0.6 is 12.6 Å². The minimum atomic E-state index is 0.254. The van der Waals surface area contributed by atoms with Crippen LogP contribution in [0.2, 0.25) is 0 Å². The average molecular weight is 229 g/mol. The standard InChI is InChI=1S/C13H27NS/c1-5-6-13(3,15)8-11(2)7-12-9-14(4)10-12/h11-12,15H,5-10H2,1-4H3. The molecular formula is C13H27NS. The SMILES string of the molecule is CCCC(C)(S)CC(C)CC1CN(C)C1. The van der Waals surface area contributed by atoms with Crippen molar-refractivity contribution in [2.45, 2.75) is 51.2 Å². The molecule has 1 saturated heterocycles. The number of hydrogen-bond acceptors (Lipinski definition) is 2. The third-order valence-corrected chi connectivity index (χ3v) is 3.86. The molecule has 0 aromatic heterocycles. The molecular weight excluding hydrogens is 202 g/mol. The van der Waals surface area contributed by atoms with E-state index in [4.69, 9.17) is 12.6 Å². The Bertz CT molecular complexity index is 185. The van der Waals surface area contributed by atoms with E-state index < -0.39 is 0 Å². The zero-order chi connectivity index (χ0) is 11.5. The van der Waals surface area contributed by atoms with Gasteiger partial charge in [-0.05, 0) is 38.1 Å². The normalized spacial score (nSPS) is 24.6. The molecule has 2 heteroatoms. The first kappa shape index (κ1) is 13.4. The van der Waals surface area contributed by atoms with Crippen molar-refractivity contribution in [1.29, 1.82) is 0 Å². The first-order valence-electron chi connectivity index (χ1n) is 6.34. The lowest BCUT2D eigenvalue weighted by molar-refractivity contribution is 0.110. The van der Waals surface area contributed by atoms with Crippen molar-refractivity contribution >= 4 is 12.6 Å². The smallest absolute Gasteiger partial charge is 0.0104 e. The third-order valence-electron chi connectivity index (χ3n) is 3.45. The van der Waals surface area contributed by atoms with Crippen LogP contribution < -0.4 is 0 Å². The van der Waals surface area contributed by atoms with Crippen LogP contribution in [-0.4, -0.2) is 29.8 Å². The molecule has 1 heterocycles.